The van der Waals surface area contributed by atoms with Crippen LogP contribution in [0.5, 0.6) is 0 Å². The lowest BCUT2D eigenvalue weighted by atomic mass is 9.49. The lowest BCUT2D eigenvalue weighted by Gasteiger charge is -2.55. The van der Waals surface area contributed by atoms with E-state index in [0.717, 1.165) is 32.1 Å². The van der Waals surface area contributed by atoms with Gasteiger partial charge in [0.2, 0.25) is 0 Å². The number of carbonyl (C=O) groups excluding carboxylic acids is 1. The van der Waals surface area contributed by atoms with Crippen LogP contribution in [0.15, 0.2) is 0 Å². The van der Waals surface area contributed by atoms with Gasteiger partial charge in [0.05, 0.1) is 12.2 Å². The Hall–Kier alpha value is -0.410. The average molecular weight is 304 g/mol. The number of aliphatic hydroxyl groups excluding tert-OH is 2. The van der Waals surface area contributed by atoms with E-state index >= 15 is 0 Å². The van der Waals surface area contributed by atoms with Crippen molar-refractivity contribution >= 4 is 5.78 Å². The molecule has 22 heavy (non-hydrogen) atoms. The molecule has 0 aromatic heterocycles. The van der Waals surface area contributed by atoms with E-state index in [2.05, 4.69) is 6.92 Å². The number of Topliss-reactive ketones (excluding diaryl/α,β-unsaturated/α-hetero) is 1. The second-order valence-corrected chi connectivity index (χ2v) is 9.29. The SMILES string of the molecule is C[C@]12CC[C@H]3[C@@H](CC[C@H]4CC(=O)C[C@H]5[C@@H](O)[C@]435)[C@@H]1CC[C@@H]2O. The van der Waals surface area contributed by atoms with Gasteiger partial charge in [-0.25, -0.2) is 0 Å². The maximum absolute atomic E-state index is 12.0. The quantitative estimate of drug-likeness (QED) is 0.723. The van der Waals surface area contributed by atoms with Crippen LogP contribution in [0.4, 0.5) is 0 Å². The zero-order chi connectivity index (χ0) is 15.3. The molecule has 5 saturated carbocycles. The minimum absolute atomic E-state index is 0.0890. The first-order chi connectivity index (χ1) is 10.5. The molecule has 9 atom stereocenters. The summed E-state index contributed by atoms with van der Waals surface area (Å²) in [4.78, 5) is 12.0. The van der Waals surface area contributed by atoms with E-state index in [-0.39, 0.29) is 29.0 Å². The second kappa shape index (κ2) is 4.16. The molecule has 1 spiro atoms. The summed E-state index contributed by atoms with van der Waals surface area (Å²) in [5.74, 6) is 3.04. The van der Waals surface area contributed by atoms with Gasteiger partial charge in [0.1, 0.15) is 5.78 Å². The van der Waals surface area contributed by atoms with Gasteiger partial charge < -0.3 is 10.2 Å². The zero-order valence-electron chi connectivity index (χ0n) is 13.5. The molecule has 0 heterocycles. The molecular weight excluding hydrogens is 276 g/mol. The smallest absolute Gasteiger partial charge is 0.133 e. The van der Waals surface area contributed by atoms with Gasteiger partial charge >= 0.3 is 0 Å². The number of carbonyl (C=O) groups is 1. The van der Waals surface area contributed by atoms with Crippen molar-refractivity contribution in [3.63, 3.8) is 0 Å². The van der Waals surface area contributed by atoms with Crippen LogP contribution in [0.2, 0.25) is 0 Å². The molecule has 3 nitrogen and oxygen atoms in total. The van der Waals surface area contributed by atoms with E-state index in [1.807, 2.05) is 0 Å². The fraction of sp³-hybridized carbons (Fsp3) is 0.947. The Morgan fingerprint density at radius 3 is 2.59 bits per heavy atom. The standard InChI is InChI=1S/C19H28O3/c1-18-7-6-14-12(13(18)4-5-16(18)21)3-2-10-8-11(20)9-15-17(22)19(10,14)15/h10,12-17,21-22H,2-9H2,1H3/t10-,12-,13-,14-,15-,16-,17+,18-,19+/m0/s1. The van der Waals surface area contributed by atoms with Gasteiger partial charge in [0, 0.05) is 24.2 Å². The van der Waals surface area contributed by atoms with Gasteiger partial charge in [-0.3, -0.25) is 4.79 Å². The lowest BCUT2D eigenvalue weighted by Crippen LogP contribution is -2.51. The van der Waals surface area contributed by atoms with E-state index in [1.165, 1.54) is 12.8 Å². The summed E-state index contributed by atoms with van der Waals surface area (Å²) in [6.07, 6.45) is 7.76. The first kappa shape index (κ1) is 14.0. The Morgan fingerprint density at radius 1 is 0.955 bits per heavy atom. The van der Waals surface area contributed by atoms with E-state index < -0.39 is 0 Å². The molecule has 5 aliphatic rings. The highest BCUT2D eigenvalue weighted by molar-refractivity contribution is 5.81. The van der Waals surface area contributed by atoms with Crippen LogP contribution in [0.3, 0.4) is 0 Å². The van der Waals surface area contributed by atoms with Gasteiger partial charge in [-0.1, -0.05) is 6.92 Å². The molecule has 0 bridgehead atoms. The van der Waals surface area contributed by atoms with Crippen molar-refractivity contribution in [2.24, 2.45) is 40.4 Å². The van der Waals surface area contributed by atoms with Crippen molar-refractivity contribution in [3.05, 3.63) is 0 Å². The molecule has 2 N–H and O–H groups in total. The summed E-state index contributed by atoms with van der Waals surface area (Å²) in [6, 6.07) is 0. The minimum Gasteiger partial charge on any atom is -0.393 e. The zero-order valence-corrected chi connectivity index (χ0v) is 13.5. The van der Waals surface area contributed by atoms with Crippen molar-refractivity contribution in [2.75, 3.05) is 0 Å². The minimum atomic E-state index is -0.215. The van der Waals surface area contributed by atoms with Crippen molar-refractivity contribution in [3.8, 4) is 0 Å². The number of hydrogen-bond donors (Lipinski definition) is 2. The Bertz CT molecular complexity index is 531. The van der Waals surface area contributed by atoms with E-state index in [9.17, 15) is 15.0 Å². The highest BCUT2D eigenvalue weighted by Gasteiger charge is 2.76. The molecule has 0 unspecified atom stereocenters. The van der Waals surface area contributed by atoms with Crippen LogP contribution < -0.4 is 0 Å². The molecule has 5 fully saturated rings. The van der Waals surface area contributed by atoms with E-state index in [0.29, 0.717) is 35.9 Å². The van der Waals surface area contributed by atoms with Gasteiger partial charge in [-0.15, -0.1) is 0 Å². The van der Waals surface area contributed by atoms with Crippen LogP contribution in [0.1, 0.15) is 58.3 Å². The van der Waals surface area contributed by atoms with Gasteiger partial charge in [-0.05, 0) is 67.6 Å². The third-order valence-corrected chi connectivity index (χ3v) is 8.93. The predicted molar refractivity (Wildman–Crippen MR) is 81.9 cm³/mol. The fourth-order valence-electron chi connectivity index (χ4n) is 7.92. The molecule has 0 aromatic carbocycles. The molecular formula is C19H28O3. The summed E-state index contributed by atoms with van der Waals surface area (Å²) >= 11 is 0. The van der Waals surface area contributed by atoms with Gasteiger partial charge in [0.25, 0.3) is 0 Å². The van der Waals surface area contributed by atoms with Crippen LogP contribution >= 0.6 is 0 Å². The largest absolute Gasteiger partial charge is 0.393 e. The number of ketones is 1. The van der Waals surface area contributed by atoms with Gasteiger partial charge in [0.15, 0.2) is 0 Å². The molecule has 0 aliphatic heterocycles. The average Bonchev–Trinajstić information content (AvgIpc) is 2.94. The highest BCUT2D eigenvalue weighted by Crippen LogP contribution is 2.76. The number of rotatable bonds is 0. The van der Waals surface area contributed by atoms with Crippen LogP contribution in [0, 0.1) is 40.4 Å². The topological polar surface area (TPSA) is 57.5 Å². The van der Waals surface area contributed by atoms with Crippen LogP contribution in [0.25, 0.3) is 0 Å². The monoisotopic (exact) mass is 304 g/mol. The summed E-state index contributed by atoms with van der Waals surface area (Å²) in [5.41, 5.74) is 0.205. The first-order valence-electron chi connectivity index (χ1n) is 9.37. The molecule has 122 valence electrons. The first-order valence-corrected chi connectivity index (χ1v) is 9.37. The number of aliphatic hydroxyl groups is 2. The Balaban J connectivity index is 1.51. The molecule has 0 radical (unpaired) electrons. The summed E-state index contributed by atoms with van der Waals surface area (Å²) in [5, 5.41) is 21.2. The summed E-state index contributed by atoms with van der Waals surface area (Å²) in [6.45, 7) is 2.31. The Kier molecular flexibility index (Phi) is 2.64. The van der Waals surface area contributed by atoms with Crippen molar-refractivity contribution in [1.82, 2.24) is 0 Å². The van der Waals surface area contributed by atoms with Gasteiger partial charge in [-0.2, -0.15) is 0 Å². The molecule has 0 saturated heterocycles. The highest BCUT2D eigenvalue weighted by atomic mass is 16.3. The molecule has 5 aliphatic carbocycles. The van der Waals surface area contributed by atoms with Crippen molar-refractivity contribution < 1.29 is 15.0 Å². The predicted octanol–water partition coefficient (Wildman–Crippen LogP) is 2.54. The van der Waals surface area contributed by atoms with Crippen LogP contribution in [-0.4, -0.2) is 28.2 Å². The third kappa shape index (κ3) is 1.40. The maximum atomic E-state index is 12.0. The summed E-state index contributed by atoms with van der Waals surface area (Å²) in [7, 11) is 0. The number of fused-ring (bicyclic) bond motifs is 3. The maximum Gasteiger partial charge on any atom is 0.133 e. The summed E-state index contributed by atoms with van der Waals surface area (Å²) < 4.78 is 0. The second-order valence-electron chi connectivity index (χ2n) is 9.29. The van der Waals surface area contributed by atoms with E-state index in [1.54, 1.807) is 0 Å². The van der Waals surface area contributed by atoms with Crippen molar-refractivity contribution in [1.29, 1.82) is 0 Å². The fourth-order valence-corrected chi connectivity index (χ4v) is 7.92. The molecule has 5 rings (SSSR count). The third-order valence-electron chi connectivity index (χ3n) is 8.93. The van der Waals surface area contributed by atoms with E-state index in [4.69, 9.17) is 0 Å². The molecule has 3 heteroatoms. The Morgan fingerprint density at radius 2 is 1.77 bits per heavy atom. The number of hydrogen-bond acceptors (Lipinski definition) is 3. The lowest BCUT2D eigenvalue weighted by molar-refractivity contribution is -0.131. The van der Waals surface area contributed by atoms with Crippen molar-refractivity contribution in [2.45, 2.75) is 70.5 Å². The Labute approximate surface area is 132 Å². The van der Waals surface area contributed by atoms with Crippen LogP contribution in [-0.2, 0) is 4.79 Å². The molecule has 0 aromatic rings. The normalized spacial score (nSPS) is 62.7. The molecule has 0 amide bonds.